The van der Waals surface area contributed by atoms with Crippen molar-refractivity contribution < 1.29 is 22.7 Å². The Labute approximate surface area is 94.7 Å². The largest absolute Gasteiger partial charge is 0.439 e. The Hall–Kier alpha value is -0.810. The van der Waals surface area contributed by atoms with E-state index in [1.54, 1.807) is 6.92 Å². The van der Waals surface area contributed by atoms with Gasteiger partial charge in [0.1, 0.15) is 6.10 Å². The molecule has 1 N–H and O–H groups in total. The minimum absolute atomic E-state index is 0.222. The number of alkyl halides is 5. The van der Waals surface area contributed by atoms with Crippen LogP contribution in [0, 0.1) is 6.92 Å². The number of aliphatic hydroxyl groups excluding tert-OH is 1. The summed E-state index contributed by atoms with van der Waals surface area (Å²) in [4.78, 5) is 0. The first-order valence-electron chi connectivity index (χ1n) is 4.35. The zero-order valence-corrected chi connectivity index (χ0v) is 8.98. The summed E-state index contributed by atoms with van der Waals surface area (Å²) >= 11 is 4.70. The molecule has 2 atom stereocenters. The van der Waals surface area contributed by atoms with Gasteiger partial charge in [-0.25, -0.2) is 4.39 Å². The van der Waals surface area contributed by atoms with E-state index in [1.165, 1.54) is 24.3 Å². The fourth-order valence-electron chi connectivity index (χ4n) is 1.11. The lowest BCUT2D eigenvalue weighted by Gasteiger charge is -2.26. The Morgan fingerprint density at radius 1 is 1.12 bits per heavy atom. The molecule has 0 radical (unpaired) electrons. The highest BCUT2D eigenvalue weighted by Crippen LogP contribution is 2.46. The third-order valence-electron chi connectivity index (χ3n) is 2.11. The third kappa shape index (κ3) is 2.47. The van der Waals surface area contributed by atoms with Crippen LogP contribution in [0.3, 0.4) is 0 Å². The average Bonchev–Trinajstić information content (AvgIpc) is 2.16. The summed E-state index contributed by atoms with van der Waals surface area (Å²) in [5.74, 6) is 0. The van der Waals surface area contributed by atoms with Crippen LogP contribution in [0.25, 0.3) is 0 Å². The maximum Gasteiger partial charge on any atom is 0.439 e. The van der Waals surface area contributed by atoms with Crippen molar-refractivity contribution in [3.05, 3.63) is 35.4 Å². The molecule has 16 heavy (non-hydrogen) atoms. The van der Waals surface area contributed by atoms with Crippen LogP contribution in [0.2, 0.25) is 0 Å². The van der Waals surface area contributed by atoms with E-state index < -0.39 is 17.4 Å². The second-order valence-electron chi connectivity index (χ2n) is 3.43. The van der Waals surface area contributed by atoms with Crippen molar-refractivity contribution in [3.8, 4) is 0 Å². The fraction of sp³-hybridized carbons (Fsp3) is 0.400. The minimum atomic E-state index is -5.33. The molecular formula is C10H9ClF4O. The van der Waals surface area contributed by atoms with Gasteiger partial charge in [-0.1, -0.05) is 41.4 Å². The van der Waals surface area contributed by atoms with Crippen LogP contribution in [-0.2, 0) is 0 Å². The summed E-state index contributed by atoms with van der Waals surface area (Å²) in [7, 11) is 0. The van der Waals surface area contributed by atoms with Gasteiger partial charge in [0.25, 0.3) is 0 Å². The van der Waals surface area contributed by atoms with Crippen LogP contribution in [0.15, 0.2) is 24.3 Å². The maximum absolute atomic E-state index is 13.2. The monoisotopic (exact) mass is 256 g/mol. The molecule has 0 aliphatic rings. The quantitative estimate of drug-likeness (QED) is 0.634. The zero-order chi connectivity index (χ0) is 12.6. The molecule has 0 saturated heterocycles. The summed E-state index contributed by atoms with van der Waals surface area (Å²) < 4.78 is 49.7. The number of aliphatic hydroxyl groups is 1. The molecule has 0 spiro atoms. The second-order valence-corrected chi connectivity index (χ2v) is 3.98. The van der Waals surface area contributed by atoms with Gasteiger partial charge >= 0.3 is 11.3 Å². The highest BCUT2D eigenvalue weighted by Gasteiger charge is 2.60. The first-order chi connectivity index (χ1) is 7.16. The summed E-state index contributed by atoms with van der Waals surface area (Å²) in [6.07, 6.45) is -7.78. The lowest BCUT2D eigenvalue weighted by Crippen LogP contribution is -2.41. The van der Waals surface area contributed by atoms with Gasteiger partial charge < -0.3 is 5.11 Å². The standard InChI is InChI=1S/C10H9ClF4O/c1-6-2-4-7(5-3-6)8(16)9(11,12)10(13,14)15/h2-5,8,16H,1H3. The molecular weight excluding hydrogens is 248 g/mol. The van der Waals surface area contributed by atoms with Crippen molar-refractivity contribution in [2.45, 2.75) is 24.3 Å². The number of halogens is 5. The average molecular weight is 257 g/mol. The van der Waals surface area contributed by atoms with Gasteiger partial charge in [-0.15, -0.1) is 0 Å². The van der Waals surface area contributed by atoms with Crippen LogP contribution in [0.4, 0.5) is 17.6 Å². The Morgan fingerprint density at radius 2 is 1.56 bits per heavy atom. The number of hydrogen-bond donors (Lipinski definition) is 1. The Kier molecular flexibility index (Phi) is 3.50. The number of benzene rings is 1. The molecule has 0 saturated carbocycles. The van der Waals surface area contributed by atoms with Crippen molar-refractivity contribution in [2.75, 3.05) is 0 Å². The summed E-state index contributed by atoms with van der Waals surface area (Å²) in [6.45, 7) is 1.71. The van der Waals surface area contributed by atoms with E-state index in [1.807, 2.05) is 0 Å². The van der Waals surface area contributed by atoms with E-state index in [4.69, 9.17) is 11.6 Å². The predicted octanol–water partition coefficient (Wildman–Crippen LogP) is 3.50. The van der Waals surface area contributed by atoms with Crippen molar-refractivity contribution in [3.63, 3.8) is 0 Å². The number of rotatable bonds is 2. The molecule has 6 heteroatoms. The molecule has 0 fully saturated rings. The number of aryl methyl sites for hydroxylation is 1. The maximum atomic E-state index is 13.2. The van der Waals surface area contributed by atoms with Crippen LogP contribution in [0.1, 0.15) is 17.2 Å². The molecule has 0 aliphatic heterocycles. The summed E-state index contributed by atoms with van der Waals surface area (Å²) in [5.41, 5.74) is 0.558. The minimum Gasteiger partial charge on any atom is -0.383 e. The SMILES string of the molecule is Cc1ccc(C(O)C(F)(Cl)C(F)(F)F)cc1. The van der Waals surface area contributed by atoms with Crippen LogP contribution < -0.4 is 0 Å². The van der Waals surface area contributed by atoms with E-state index in [9.17, 15) is 22.7 Å². The van der Waals surface area contributed by atoms with E-state index in [0.29, 0.717) is 0 Å². The molecule has 0 heterocycles. The topological polar surface area (TPSA) is 20.2 Å². The van der Waals surface area contributed by atoms with Gasteiger partial charge in [0.2, 0.25) is 0 Å². The van der Waals surface area contributed by atoms with Crippen LogP contribution in [-0.4, -0.2) is 16.4 Å². The molecule has 1 nitrogen and oxygen atoms in total. The summed E-state index contributed by atoms with van der Waals surface area (Å²) in [5, 5.41) is 5.07. The smallest absolute Gasteiger partial charge is 0.383 e. The fourth-order valence-corrected chi connectivity index (χ4v) is 1.24. The highest BCUT2D eigenvalue weighted by atomic mass is 35.5. The van der Waals surface area contributed by atoms with Crippen molar-refractivity contribution >= 4 is 11.6 Å². The molecule has 0 aromatic heterocycles. The van der Waals surface area contributed by atoms with Crippen LogP contribution in [0.5, 0.6) is 0 Å². The molecule has 90 valence electrons. The van der Waals surface area contributed by atoms with E-state index in [0.717, 1.165) is 5.56 Å². The molecule has 1 rings (SSSR count). The van der Waals surface area contributed by atoms with Gasteiger partial charge in [-0.05, 0) is 12.5 Å². The van der Waals surface area contributed by atoms with Gasteiger partial charge in [0.15, 0.2) is 0 Å². The first kappa shape index (κ1) is 13.3. The van der Waals surface area contributed by atoms with E-state index >= 15 is 0 Å². The molecule has 0 aliphatic carbocycles. The highest BCUT2D eigenvalue weighted by molar-refractivity contribution is 6.23. The van der Waals surface area contributed by atoms with Crippen molar-refractivity contribution in [1.29, 1.82) is 0 Å². The molecule has 1 aromatic carbocycles. The first-order valence-corrected chi connectivity index (χ1v) is 4.73. The molecule has 1 aromatic rings. The van der Waals surface area contributed by atoms with Gasteiger partial charge in [-0.2, -0.15) is 13.2 Å². The van der Waals surface area contributed by atoms with Gasteiger partial charge in [-0.3, -0.25) is 0 Å². The Morgan fingerprint density at radius 3 is 1.94 bits per heavy atom. The van der Waals surface area contributed by atoms with Crippen molar-refractivity contribution in [2.24, 2.45) is 0 Å². The van der Waals surface area contributed by atoms with Gasteiger partial charge in [0, 0.05) is 0 Å². The van der Waals surface area contributed by atoms with Crippen molar-refractivity contribution in [1.82, 2.24) is 0 Å². The normalized spacial score (nSPS) is 17.9. The van der Waals surface area contributed by atoms with E-state index in [-0.39, 0.29) is 5.56 Å². The Balaban J connectivity index is 3.02. The molecule has 0 amide bonds. The summed E-state index contributed by atoms with van der Waals surface area (Å²) in [6, 6.07) is 5.31. The third-order valence-corrected chi connectivity index (χ3v) is 2.54. The predicted molar refractivity (Wildman–Crippen MR) is 51.9 cm³/mol. The van der Waals surface area contributed by atoms with Gasteiger partial charge in [0.05, 0.1) is 0 Å². The lowest BCUT2D eigenvalue weighted by atomic mass is 10.0. The molecule has 0 bridgehead atoms. The van der Waals surface area contributed by atoms with E-state index in [2.05, 4.69) is 0 Å². The molecule has 2 unspecified atom stereocenters. The lowest BCUT2D eigenvalue weighted by molar-refractivity contribution is -0.226. The Bertz CT molecular complexity index is 358. The second kappa shape index (κ2) is 4.22. The van der Waals surface area contributed by atoms with Crippen LogP contribution >= 0.6 is 11.6 Å². The zero-order valence-electron chi connectivity index (χ0n) is 8.22. The number of hydrogen-bond acceptors (Lipinski definition) is 1.